The van der Waals surface area contributed by atoms with Crippen LogP contribution in [0.15, 0.2) is 12.3 Å². The first-order chi connectivity index (χ1) is 5.97. The van der Waals surface area contributed by atoms with Crippen molar-refractivity contribution in [3.63, 3.8) is 0 Å². The molecule has 2 aliphatic rings. The van der Waals surface area contributed by atoms with E-state index in [1.165, 1.54) is 12.8 Å². The van der Waals surface area contributed by atoms with Crippen molar-refractivity contribution in [3.8, 4) is 0 Å². The summed E-state index contributed by atoms with van der Waals surface area (Å²) in [4.78, 5) is 0. The number of nitrogens with zero attached hydrogens (tertiary/aromatic N) is 1. The van der Waals surface area contributed by atoms with Crippen LogP contribution in [0.25, 0.3) is 0 Å². The van der Waals surface area contributed by atoms with Gasteiger partial charge in [0.2, 0.25) is 0 Å². The largest absolute Gasteiger partial charge is 0.379 e. The first-order valence-corrected chi connectivity index (χ1v) is 5.22. The van der Waals surface area contributed by atoms with Crippen LogP contribution in [0.2, 0.25) is 0 Å². The number of hydrogen-bond acceptors (Lipinski definition) is 1. The Morgan fingerprint density at radius 1 is 1.46 bits per heavy atom. The van der Waals surface area contributed by atoms with E-state index in [0.29, 0.717) is 5.92 Å². The molecule has 0 amide bonds. The fraction of sp³-hybridized carbons (Fsp3) is 0.818. The molecule has 0 radical (unpaired) electrons. The number of rotatable bonds is 0. The summed E-state index contributed by atoms with van der Waals surface area (Å²) < 4.78 is 0.807. The normalized spacial score (nSPS) is 43.3. The fourth-order valence-corrected chi connectivity index (χ4v) is 3.04. The first-order valence-electron chi connectivity index (χ1n) is 5.22. The predicted octanol–water partition coefficient (Wildman–Crippen LogP) is 1.51. The first kappa shape index (κ1) is 9.22. The molecular weight excluding hydrogens is 162 g/mol. The van der Waals surface area contributed by atoms with E-state index in [9.17, 15) is 5.11 Å². The molecule has 2 rings (SSSR count). The Balaban J connectivity index is 2.32. The minimum atomic E-state index is -0.540. The third kappa shape index (κ3) is 1.16. The van der Waals surface area contributed by atoms with E-state index in [1.54, 1.807) is 0 Å². The van der Waals surface area contributed by atoms with Crippen LogP contribution in [0.5, 0.6) is 0 Å². The molecule has 2 atom stereocenters. The molecule has 0 unspecified atom stereocenters. The van der Waals surface area contributed by atoms with Gasteiger partial charge in [-0.2, -0.15) is 0 Å². The zero-order valence-corrected chi connectivity index (χ0v) is 8.71. The summed E-state index contributed by atoms with van der Waals surface area (Å²) in [6.07, 6.45) is 4.54. The third-order valence-electron chi connectivity index (χ3n) is 3.94. The monoisotopic (exact) mass is 182 g/mol. The number of likely N-dealkylation sites (tertiary alicyclic amines) is 1. The Kier molecular flexibility index (Phi) is 1.83. The van der Waals surface area contributed by atoms with E-state index in [-0.39, 0.29) is 0 Å². The predicted molar refractivity (Wildman–Crippen MR) is 53.0 cm³/mol. The molecule has 1 N–H and O–H groups in total. The SMILES string of the molecule is C=C1[C@]2(O)CCCC[C@@H]2C[N+]1(C)C. The van der Waals surface area contributed by atoms with Crippen LogP contribution in [0, 0.1) is 5.92 Å². The number of quaternary nitrogens is 1. The Bertz CT molecular complexity index is 246. The molecule has 2 heteroatoms. The van der Waals surface area contributed by atoms with Crippen LogP contribution in [-0.4, -0.2) is 35.8 Å². The van der Waals surface area contributed by atoms with Crippen molar-refractivity contribution in [2.24, 2.45) is 5.92 Å². The van der Waals surface area contributed by atoms with Crippen LogP contribution >= 0.6 is 0 Å². The second kappa shape index (κ2) is 2.58. The van der Waals surface area contributed by atoms with Gasteiger partial charge < -0.3 is 5.11 Å². The molecule has 13 heavy (non-hydrogen) atoms. The summed E-state index contributed by atoms with van der Waals surface area (Å²) >= 11 is 0. The summed E-state index contributed by atoms with van der Waals surface area (Å²) in [5.41, 5.74) is 0.485. The van der Waals surface area contributed by atoms with E-state index >= 15 is 0 Å². The zero-order chi connectivity index (χ0) is 9.69. The number of aliphatic hydroxyl groups is 1. The molecule has 1 saturated heterocycles. The van der Waals surface area contributed by atoms with Crippen molar-refractivity contribution in [1.29, 1.82) is 0 Å². The van der Waals surface area contributed by atoms with Crippen molar-refractivity contribution < 1.29 is 9.59 Å². The molecule has 2 nitrogen and oxygen atoms in total. The van der Waals surface area contributed by atoms with Gasteiger partial charge in [0.1, 0.15) is 11.3 Å². The number of hydrogen-bond donors (Lipinski definition) is 1. The summed E-state index contributed by atoms with van der Waals surface area (Å²) in [6.45, 7) is 5.15. The maximum Gasteiger partial charge on any atom is 0.146 e. The second-order valence-corrected chi connectivity index (χ2v) is 5.18. The van der Waals surface area contributed by atoms with Gasteiger partial charge in [-0.1, -0.05) is 6.42 Å². The van der Waals surface area contributed by atoms with E-state index in [1.807, 2.05) is 0 Å². The van der Waals surface area contributed by atoms with E-state index in [0.717, 1.165) is 29.6 Å². The van der Waals surface area contributed by atoms with Gasteiger partial charge in [0.05, 0.1) is 20.6 Å². The molecule has 74 valence electrons. The summed E-state index contributed by atoms with van der Waals surface area (Å²) in [7, 11) is 4.30. The maximum absolute atomic E-state index is 10.5. The van der Waals surface area contributed by atoms with Crippen molar-refractivity contribution >= 4 is 0 Å². The molecule has 0 aromatic heterocycles. The van der Waals surface area contributed by atoms with Gasteiger partial charge in [0, 0.05) is 5.92 Å². The van der Waals surface area contributed by atoms with Crippen molar-refractivity contribution in [3.05, 3.63) is 12.3 Å². The smallest absolute Gasteiger partial charge is 0.146 e. The Hall–Kier alpha value is -0.340. The minimum absolute atomic E-state index is 0.462. The lowest BCUT2D eigenvalue weighted by Gasteiger charge is -2.32. The Morgan fingerprint density at radius 3 is 2.77 bits per heavy atom. The van der Waals surface area contributed by atoms with E-state index < -0.39 is 5.60 Å². The van der Waals surface area contributed by atoms with Crippen LogP contribution in [0.4, 0.5) is 0 Å². The molecule has 0 aromatic carbocycles. The summed E-state index contributed by atoms with van der Waals surface area (Å²) in [5, 5.41) is 10.5. The van der Waals surface area contributed by atoms with E-state index in [4.69, 9.17) is 0 Å². The molecule has 0 aromatic rings. The molecule has 2 fully saturated rings. The topological polar surface area (TPSA) is 20.2 Å². The van der Waals surface area contributed by atoms with Gasteiger partial charge in [0.25, 0.3) is 0 Å². The highest BCUT2D eigenvalue weighted by Crippen LogP contribution is 2.47. The van der Waals surface area contributed by atoms with Gasteiger partial charge >= 0.3 is 0 Å². The average Bonchev–Trinajstić information content (AvgIpc) is 2.24. The lowest BCUT2D eigenvalue weighted by Crippen LogP contribution is -2.40. The van der Waals surface area contributed by atoms with Crippen molar-refractivity contribution in [1.82, 2.24) is 0 Å². The molecular formula is C11H20NO+. The van der Waals surface area contributed by atoms with Crippen molar-refractivity contribution in [2.75, 3.05) is 20.6 Å². The lowest BCUT2D eigenvalue weighted by atomic mass is 9.76. The molecule has 1 saturated carbocycles. The summed E-state index contributed by atoms with van der Waals surface area (Å²) in [6, 6.07) is 0. The van der Waals surface area contributed by atoms with Gasteiger partial charge in [-0.25, -0.2) is 0 Å². The molecule has 0 spiro atoms. The van der Waals surface area contributed by atoms with Crippen LogP contribution in [0.3, 0.4) is 0 Å². The highest BCUT2D eigenvalue weighted by Gasteiger charge is 2.55. The third-order valence-corrected chi connectivity index (χ3v) is 3.94. The Labute approximate surface area is 80.5 Å². The van der Waals surface area contributed by atoms with Gasteiger partial charge in [-0.05, 0) is 25.8 Å². The van der Waals surface area contributed by atoms with Gasteiger partial charge in [-0.3, -0.25) is 4.48 Å². The highest BCUT2D eigenvalue weighted by molar-refractivity contribution is 5.14. The highest BCUT2D eigenvalue weighted by atomic mass is 16.3. The molecule has 1 aliphatic heterocycles. The Morgan fingerprint density at radius 2 is 2.15 bits per heavy atom. The second-order valence-electron chi connectivity index (χ2n) is 5.18. The zero-order valence-electron chi connectivity index (χ0n) is 8.71. The summed E-state index contributed by atoms with van der Waals surface area (Å²) in [5.74, 6) is 0.462. The molecule has 1 heterocycles. The van der Waals surface area contributed by atoms with E-state index in [2.05, 4.69) is 20.7 Å². The average molecular weight is 182 g/mol. The lowest BCUT2D eigenvalue weighted by molar-refractivity contribution is -0.845. The van der Waals surface area contributed by atoms with Crippen LogP contribution in [-0.2, 0) is 0 Å². The quantitative estimate of drug-likeness (QED) is 0.563. The van der Waals surface area contributed by atoms with Crippen LogP contribution in [0.1, 0.15) is 25.7 Å². The van der Waals surface area contributed by atoms with Gasteiger partial charge in [-0.15, -0.1) is 0 Å². The molecule has 1 aliphatic carbocycles. The minimum Gasteiger partial charge on any atom is -0.379 e. The number of likely N-dealkylation sites (N-methyl/N-ethyl adjacent to an activating group) is 1. The maximum atomic E-state index is 10.5. The number of fused-ring (bicyclic) bond motifs is 1. The fourth-order valence-electron chi connectivity index (χ4n) is 3.04. The standard InChI is InChI=1S/C11H20NO/c1-9-11(13)7-5-4-6-10(11)8-12(9,2)3/h10,13H,1,4-8H2,2-3H3/q+1/t10-,11-/m1/s1. The van der Waals surface area contributed by atoms with Crippen molar-refractivity contribution in [2.45, 2.75) is 31.3 Å². The van der Waals surface area contributed by atoms with Crippen LogP contribution < -0.4 is 0 Å². The molecule has 0 bridgehead atoms. The van der Waals surface area contributed by atoms with Gasteiger partial charge in [0.15, 0.2) is 0 Å².